The van der Waals surface area contributed by atoms with Crippen LogP contribution >= 0.6 is 0 Å². The zero-order valence-electron chi connectivity index (χ0n) is 4.50. The lowest BCUT2D eigenvalue weighted by Crippen LogP contribution is -2.49. The van der Waals surface area contributed by atoms with Gasteiger partial charge in [-0.25, -0.2) is 0 Å². The molecule has 48 valence electrons. The number of rotatable bonds is 1. The molecule has 0 aromatic rings. The van der Waals surface area contributed by atoms with E-state index in [-0.39, 0.29) is 0 Å². The van der Waals surface area contributed by atoms with E-state index in [4.69, 9.17) is 20.4 Å². The molecule has 4 nitrogen and oxygen atoms in total. The Hall–Kier alpha value is -0.290. The highest BCUT2D eigenvalue weighted by Gasteiger charge is 2.45. The summed E-state index contributed by atoms with van der Waals surface area (Å²) >= 11 is 0. The van der Waals surface area contributed by atoms with Gasteiger partial charge in [0, 0.05) is 6.92 Å². The van der Waals surface area contributed by atoms with Crippen LogP contribution in [0.1, 0.15) is 6.92 Å². The van der Waals surface area contributed by atoms with Crippen molar-refractivity contribution in [2.45, 2.75) is 18.5 Å². The fourth-order valence-electron chi connectivity index (χ4n) is 0. The molecule has 8 heavy (non-hydrogen) atoms. The first-order valence-electron chi connectivity index (χ1n) is 2.00. The van der Waals surface area contributed by atoms with Crippen LogP contribution in [0.4, 0.5) is 0 Å². The van der Waals surface area contributed by atoms with Gasteiger partial charge in [-0.15, -0.1) is 0 Å². The zero-order valence-corrected chi connectivity index (χ0v) is 4.50. The van der Waals surface area contributed by atoms with Crippen LogP contribution in [0, 0.1) is 6.92 Å². The van der Waals surface area contributed by atoms with E-state index in [1.165, 1.54) is 0 Å². The molecule has 0 aromatic heterocycles. The second-order valence-corrected chi connectivity index (χ2v) is 1.84. The summed E-state index contributed by atoms with van der Waals surface area (Å²) in [6.07, 6.45) is 0. The van der Waals surface area contributed by atoms with E-state index in [2.05, 4.69) is 6.92 Å². The van der Waals surface area contributed by atoms with E-state index in [0.717, 1.165) is 6.92 Å². The smallest absolute Gasteiger partial charge is 0.358 e. The molecule has 0 aliphatic heterocycles. The van der Waals surface area contributed by atoms with Crippen LogP contribution in [0.15, 0.2) is 0 Å². The Morgan fingerprint density at radius 3 is 1.25 bits per heavy atom. The van der Waals surface area contributed by atoms with Crippen LogP contribution in [0.25, 0.3) is 0 Å². The summed E-state index contributed by atoms with van der Waals surface area (Å²) in [5, 5.41) is 33.3. The Bertz CT molecular complexity index is 63.0. The summed E-state index contributed by atoms with van der Waals surface area (Å²) in [7, 11) is 0. The SMILES string of the molecule is [CH2+]C(O)(O)C(C)(O)O. The van der Waals surface area contributed by atoms with E-state index >= 15 is 0 Å². The van der Waals surface area contributed by atoms with Gasteiger partial charge in [-0.05, 0) is 0 Å². The molecule has 0 bridgehead atoms. The fourth-order valence-corrected chi connectivity index (χ4v) is 0. The van der Waals surface area contributed by atoms with Crippen LogP contribution in [-0.4, -0.2) is 32.0 Å². The van der Waals surface area contributed by atoms with Gasteiger partial charge in [0.2, 0.25) is 0 Å². The molecule has 0 saturated heterocycles. The van der Waals surface area contributed by atoms with E-state index in [1.807, 2.05) is 0 Å². The molecule has 0 spiro atoms. The van der Waals surface area contributed by atoms with Crippen molar-refractivity contribution in [3.8, 4) is 0 Å². The lowest BCUT2D eigenvalue weighted by molar-refractivity contribution is -0.325. The first-order valence-corrected chi connectivity index (χ1v) is 2.00. The van der Waals surface area contributed by atoms with Gasteiger partial charge in [-0.2, -0.15) is 0 Å². The molecule has 0 atom stereocenters. The molecule has 4 N–H and O–H groups in total. The molecule has 0 aliphatic rings. The van der Waals surface area contributed by atoms with Crippen molar-refractivity contribution in [2.24, 2.45) is 0 Å². The van der Waals surface area contributed by atoms with E-state index in [0.29, 0.717) is 0 Å². The van der Waals surface area contributed by atoms with E-state index < -0.39 is 11.6 Å². The summed E-state index contributed by atoms with van der Waals surface area (Å²) in [6.45, 7) is 3.47. The predicted octanol–water partition coefficient (Wildman–Crippen LogP) is -1.80. The Kier molecular flexibility index (Phi) is 1.54. The number of hydrogen-bond acceptors (Lipinski definition) is 4. The molecule has 0 radical (unpaired) electrons. The van der Waals surface area contributed by atoms with Crippen LogP contribution in [0.5, 0.6) is 0 Å². The van der Waals surface area contributed by atoms with Crippen LogP contribution in [0.2, 0.25) is 0 Å². The van der Waals surface area contributed by atoms with Crippen LogP contribution in [0.3, 0.4) is 0 Å². The Morgan fingerprint density at radius 1 is 1.12 bits per heavy atom. The highest BCUT2D eigenvalue weighted by atomic mass is 16.6. The van der Waals surface area contributed by atoms with Gasteiger partial charge < -0.3 is 20.4 Å². The normalized spacial score (nSPS) is 14.1. The maximum Gasteiger partial charge on any atom is 0.365 e. The summed E-state index contributed by atoms with van der Waals surface area (Å²) in [5.74, 6) is -5.26. The Balaban J connectivity index is 4.02. The maximum atomic E-state index is 8.35. The standard InChI is InChI=1S/C4H9O4/c1-3(5,6)4(2,7)8/h5-8H,1H2,2H3/q+1. The van der Waals surface area contributed by atoms with Crippen molar-refractivity contribution in [2.75, 3.05) is 0 Å². The predicted molar refractivity (Wildman–Crippen MR) is 25.4 cm³/mol. The fraction of sp³-hybridized carbons (Fsp3) is 0.750. The second kappa shape index (κ2) is 1.60. The summed E-state index contributed by atoms with van der Waals surface area (Å²) in [6, 6.07) is 0. The average Bonchev–Trinajstić information content (AvgIpc) is 1.25. The van der Waals surface area contributed by atoms with Crippen molar-refractivity contribution >= 4 is 0 Å². The lowest BCUT2D eigenvalue weighted by Gasteiger charge is -2.20. The number of hydrogen-bond donors (Lipinski definition) is 4. The van der Waals surface area contributed by atoms with E-state index in [1.54, 1.807) is 0 Å². The lowest BCUT2D eigenvalue weighted by atomic mass is 10.1. The molecule has 0 fully saturated rings. The van der Waals surface area contributed by atoms with Gasteiger partial charge >= 0.3 is 5.79 Å². The van der Waals surface area contributed by atoms with Crippen molar-refractivity contribution in [3.05, 3.63) is 6.92 Å². The monoisotopic (exact) mass is 121 g/mol. The highest BCUT2D eigenvalue weighted by molar-refractivity contribution is 4.79. The minimum absolute atomic E-state index is 0.819. The topological polar surface area (TPSA) is 80.9 Å². The van der Waals surface area contributed by atoms with Crippen molar-refractivity contribution in [3.63, 3.8) is 0 Å². The summed E-state index contributed by atoms with van der Waals surface area (Å²) in [5.41, 5.74) is 0. The van der Waals surface area contributed by atoms with Gasteiger partial charge in [-0.1, -0.05) is 0 Å². The number of aliphatic hydroxyl groups is 4. The van der Waals surface area contributed by atoms with Gasteiger partial charge in [0.05, 0.1) is 0 Å². The molecule has 0 saturated carbocycles. The van der Waals surface area contributed by atoms with Crippen LogP contribution < -0.4 is 0 Å². The molecule has 0 aliphatic carbocycles. The summed E-state index contributed by atoms with van der Waals surface area (Å²) in [4.78, 5) is 0. The third-order valence-electron chi connectivity index (χ3n) is 0.758. The van der Waals surface area contributed by atoms with Crippen molar-refractivity contribution in [1.29, 1.82) is 0 Å². The Labute approximate surface area is 47.0 Å². The largest absolute Gasteiger partial charge is 0.365 e. The summed E-state index contributed by atoms with van der Waals surface area (Å²) < 4.78 is 0. The van der Waals surface area contributed by atoms with Gasteiger partial charge in [0.25, 0.3) is 5.79 Å². The molecule has 0 aromatic carbocycles. The molecule has 0 heterocycles. The van der Waals surface area contributed by atoms with E-state index in [9.17, 15) is 0 Å². The molecule has 0 unspecified atom stereocenters. The molecule has 4 heteroatoms. The molecule has 0 amide bonds. The molecular formula is C4H9O4+. The first-order chi connectivity index (χ1) is 3.25. The maximum absolute atomic E-state index is 8.35. The van der Waals surface area contributed by atoms with Gasteiger partial charge in [0.1, 0.15) is 6.92 Å². The van der Waals surface area contributed by atoms with Crippen molar-refractivity contribution < 1.29 is 20.4 Å². The Morgan fingerprint density at radius 2 is 1.25 bits per heavy atom. The second-order valence-electron chi connectivity index (χ2n) is 1.84. The first kappa shape index (κ1) is 7.71. The van der Waals surface area contributed by atoms with Gasteiger partial charge in [0.15, 0.2) is 0 Å². The highest BCUT2D eigenvalue weighted by Crippen LogP contribution is 2.13. The van der Waals surface area contributed by atoms with Crippen molar-refractivity contribution in [1.82, 2.24) is 0 Å². The minimum Gasteiger partial charge on any atom is -0.358 e. The minimum atomic E-state index is -2.70. The average molecular weight is 121 g/mol. The van der Waals surface area contributed by atoms with Crippen LogP contribution in [-0.2, 0) is 0 Å². The quantitative estimate of drug-likeness (QED) is 0.244. The zero-order chi connectivity index (χ0) is 7.00. The van der Waals surface area contributed by atoms with Gasteiger partial charge in [-0.3, -0.25) is 0 Å². The molecule has 0 rings (SSSR count). The molecular weight excluding hydrogens is 112 g/mol. The third kappa shape index (κ3) is 1.67. The third-order valence-corrected chi connectivity index (χ3v) is 0.758.